The SMILES string of the molecule is O=C(NC1CCN(C(=O)CC2C=CCC2)CC1)C1CC1. The van der Waals surface area contributed by atoms with E-state index in [9.17, 15) is 9.59 Å². The molecule has 0 bridgehead atoms. The van der Waals surface area contributed by atoms with Crippen molar-refractivity contribution in [2.45, 2.75) is 51.0 Å². The molecule has 0 aromatic carbocycles. The Kier molecular flexibility index (Phi) is 4.08. The molecule has 2 aliphatic carbocycles. The van der Waals surface area contributed by atoms with Crippen LogP contribution in [0.1, 0.15) is 44.9 Å². The van der Waals surface area contributed by atoms with Crippen LogP contribution in [0.25, 0.3) is 0 Å². The molecule has 1 aliphatic heterocycles. The zero-order valence-electron chi connectivity index (χ0n) is 12.0. The molecule has 1 saturated carbocycles. The van der Waals surface area contributed by atoms with Crippen molar-refractivity contribution >= 4 is 11.8 Å². The molecule has 1 unspecified atom stereocenters. The number of rotatable bonds is 4. The van der Waals surface area contributed by atoms with E-state index in [4.69, 9.17) is 0 Å². The first-order chi connectivity index (χ1) is 9.72. The first kappa shape index (κ1) is 13.7. The number of nitrogens with one attached hydrogen (secondary N) is 1. The van der Waals surface area contributed by atoms with Gasteiger partial charge in [-0.1, -0.05) is 12.2 Å². The summed E-state index contributed by atoms with van der Waals surface area (Å²) in [7, 11) is 0. The second-order valence-corrected chi connectivity index (χ2v) is 6.41. The van der Waals surface area contributed by atoms with Crippen LogP contribution in [0.4, 0.5) is 0 Å². The van der Waals surface area contributed by atoms with Gasteiger partial charge in [-0.15, -0.1) is 0 Å². The summed E-state index contributed by atoms with van der Waals surface area (Å²) >= 11 is 0. The lowest BCUT2D eigenvalue weighted by molar-refractivity contribution is -0.133. The third kappa shape index (κ3) is 3.41. The van der Waals surface area contributed by atoms with Crippen LogP contribution >= 0.6 is 0 Å². The van der Waals surface area contributed by atoms with Crippen LogP contribution < -0.4 is 5.32 Å². The molecule has 4 heteroatoms. The van der Waals surface area contributed by atoms with Gasteiger partial charge in [-0.05, 0) is 44.4 Å². The molecule has 0 aromatic rings. The minimum atomic E-state index is 0.228. The summed E-state index contributed by atoms with van der Waals surface area (Å²) in [5.74, 6) is 1.25. The highest BCUT2D eigenvalue weighted by atomic mass is 16.2. The molecule has 0 aromatic heterocycles. The monoisotopic (exact) mass is 276 g/mol. The van der Waals surface area contributed by atoms with Gasteiger partial charge >= 0.3 is 0 Å². The average Bonchev–Trinajstić information content (AvgIpc) is 3.19. The minimum absolute atomic E-state index is 0.228. The van der Waals surface area contributed by atoms with Gasteiger partial charge in [-0.2, -0.15) is 0 Å². The Bertz CT molecular complexity index is 407. The van der Waals surface area contributed by atoms with E-state index in [1.165, 1.54) is 0 Å². The van der Waals surface area contributed by atoms with E-state index in [0.717, 1.165) is 51.6 Å². The summed E-state index contributed by atoms with van der Waals surface area (Å²) in [4.78, 5) is 25.9. The van der Waals surface area contributed by atoms with E-state index >= 15 is 0 Å². The third-order valence-corrected chi connectivity index (χ3v) is 4.69. The Labute approximate surface area is 120 Å². The fraction of sp³-hybridized carbons (Fsp3) is 0.750. The van der Waals surface area contributed by atoms with E-state index in [2.05, 4.69) is 17.5 Å². The third-order valence-electron chi connectivity index (χ3n) is 4.69. The lowest BCUT2D eigenvalue weighted by atomic mass is 10.0. The Morgan fingerprint density at radius 1 is 1.10 bits per heavy atom. The highest BCUT2D eigenvalue weighted by molar-refractivity contribution is 5.81. The molecule has 3 rings (SSSR count). The van der Waals surface area contributed by atoms with Gasteiger partial charge in [-0.3, -0.25) is 9.59 Å². The number of carbonyl (C=O) groups is 2. The number of likely N-dealkylation sites (tertiary alicyclic amines) is 1. The van der Waals surface area contributed by atoms with E-state index in [1.54, 1.807) is 0 Å². The van der Waals surface area contributed by atoms with E-state index in [-0.39, 0.29) is 23.8 Å². The summed E-state index contributed by atoms with van der Waals surface area (Å²) < 4.78 is 0. The second kappa shape index (κ2) is 5.98. The molecule has 110 valence electrons. The van der Waals surface area contributed by atoms with Crippen LogP contribution in [0.3, 0.4) is 0 Å². The maximum atomic E-state index is 12.2. The Hall–Kier alpha value is -1.32. The van der Waals surface area contributed by atoms with Gasteiger partial charge in [0.25, 0.3) is 0 Å². The number of hydrogen-bond acceptors (Lipinski definition) is 2. The quantitative estimate of drug-likeness (QED) is 0.797. The zero-order chi connectivity index (χ0) is 13.9. The maximum Gasteiger partial charge on any atom is 0.223 e. The molecule has 2 fully saturated rings. The van der Waals surface area contributed by atoms with Crippen LogP contribution in [0, 0.1) is 11.8 Å². The van der Waals surface area contributed by atoms with Crippen LogP contribution in [-0.2, 0) is 9.59 Å². The summed E-state index contributed by atoms with van der Waals surface area (Å²) in [5.41, 5.74) is 0. The van der Waals surface area contributed by atoms with Crippen molar-refractivity contribution in [1.82, 2.24) is 10.2 Å². The van der Waals surface area contributed by atoms with E-state index in [1.807, 2.05) is 4.90 Å². The van der Waals surface area contributed by atoms with E-state index in [0.29, 0.717) is 12.3 Å². The molecular weight excluding hydrogens is 252 g/mol. The van der Waals surface area contributed by atoms with Crippen LogP contribution in [0.2, 0.25) is 0 Å². The largest absolute Gasteiger partial charge is 0.353 e. The topological polar surface area (TPSA) is 49.4 Å². The number of piperidine rings is 1. The Morgan fingerprint density at radius 2 is 1.85 bits per heavy atom. The second-order valence-electron chi connectivity index (χ2n) is 6.41. The molecule has 1 saturated heterocycles. The van der Waals surface area contributed by atoms with Crippen molar-refractivity contribution < 1.29 is 9.59 Å². The number of amides is 2. The Balaban J connectivity index is 1.39. The van der Waals surface area contributed by atoms with Gasteiger partial charge in [0, 0.05) is 31.5 Å². The predicted molar refractivity (Wildman–Crippen MR) is 76.9 cm³/mol. The molecule has 20 heavy (non-hydrogen) atoms. The fourth-order valence-corrected chi connectivity index (χ4v) is 3.16. The number of carbonyl (C=O) groups excluding carboxylic acids is 2. The highest BCUT2D eigenvalue weighted by Crippen LogP contribution is 2.29. The summed E-state index contributed by atoms with van der Waals surface area (Å²) in [6.45, 7) is 1.59. The van der Waals surface area contributed by atoms with Crippen molar-refractivity contribution in [3.05, 3.63) is 12.2 Å². The van der Waals surface area contributed by atoms with Crippen LogP contribution in [0.5, 0.6) is 0 Å². The zero-order valence-corrected chi connectivity index (χ0v) is 12.0. The number of nitrogens with zero attached hydrogens (tertiary/aromatic N) is 1. The predicted octanol–water partition coefficient (Wildman–Crippen LogP) is 1.86. The van der Waals surface area contributed by atoms with Gasteiger partial charge in [0.15, 0.2) is 0 Å². The molecule has 0 spiro atoms. The first-order valence-electron chi connectivity index (χ1n) is 7.97. The summed E-state index contributed by atoms with van der Waals surface area (Å²) in [6.07, 6.45) is 11.2. The van der Waals surface area contributed by atoms with Crippen molar-refractivity contribution in [3.8, 4) is 0 Å². The highest BCUT2D eigenvalue weighted by Gasteiger charge is 2.32. The van der Waals surface area contributed by atoms with Gasteiger partial charge in [0.2, 0.25) is 11.8 Å². The fourth-order valence-electron chi connectivity index (χ4n) is 3.16. The molecule has 0 radical (unpaired) electrons. The molecule has 4 nitrogen and oxygen atoms in total. The van der Waals surface area contributed by atoms with Gasteiger partial charge in [0.05, 0.1) is 0 Å². The maximum absolute atomic E-state index is 12.2. The molecule has 3 aliphatic rings. The standard InChI is InChI=1S/C16H24N2O2/c19-15(11-12-3-1-2-4-12)18-9-7-14(8-10-18)17-16(20)13-5-6-13/h1,3,12-14H,2,4-11H2,(H,17,20). The molecular formula is C16H24N2O2. The Morgan fingerprint density at radius 3 is 2.45 bits per heavy atom. The smallest absolute Gasteiger partial charge is 0.223 e. The van der Waals surface area contributed by atoms with Crippen molar-refractivity contribution in [2.75, 3.05) is 13.1 Å². The molecule has 1 atom stereocenters. The lowest BCUT2D eigenvalue weighted by Gasteiger charge is -2.33. The van der Waals surface area contributed by atoms with Crippen LogP contribution in [0.15, 0.2) is 12.2 Å². The normalized spacial score (nSPS) is 26.8. The lowest BCUT2D eigenvalue weighted by Crippen LogP contribution is -2.47. The van der Waals surface area contributed by atoms with Crippen molar-refractivity contribution in [2.24, 2.45) is 11.8 Å². The van der Waals surface area contributed by atoms with Crippen LogP contribution in [-0.4, -0.2) is 35.8 Å². The molecule has 1 N–H and O–H groups in total. The number of hydrogen-bond donors (Lipinski definition) is 1. The van der Waals surface area contributed by atoms with Crippen molar-refractivity contribution in [3.63, 3.8) is 0 Å². The van der Waals surface area contributed by atoms with Gasteiger partial charge in [-0.25, -0.2) is 0 Å². The minimum Gasteiger partial charge on any atom is -0.353 e. The summed E-state index contributed by atoms with van der Waals surface area (Å²) in [5, 5.41) is 3.13. The average molecular weight is 276 g/mol. The van der Waals surface area contributed by atoms with Crippen molar-refractivity contribution in [1.29, 1.82) is 0 Å². The number of allylic oxidation sites excluding steroid dienone is 2. The molecule has 2 amide bonds. The first-order valence-corrected chi connectivity index (χ1v) is 7.97. The van der Waals surface area contributed by atoms with Gasteiger partial charge < -0.3 is 10.2 Å². The summed E-state index contributed by atoms with van der Waals surface area (Å²) in [6, 6.07) is 0.276. The molecule has 1 heterocycles. The van der Waals surface area contributed by atoms with Gasteiger partial charge in [0.1, 0.15) is 0 Å². The van der Waals surface area contributed by atoms with E-state index < -0.39 is 0 Å².